The Morgan fingerprint density at radius 3 is 3.04 bits per heavy atom. The zero-order chi connectivity index (χ0) is 17.9. The molecule has 2 N–H and O–H groups in total. The maximum Gasteiger partial charge on any atom is 0.345 e. The molecule has 1 aromatic carbocycles. The van der Waals surface area contributed by atoms with Crippen LogP contribution in [0.25, 0.3) is 10.9 Å². The lowest BCUT2D eigenvalue weighted by Crippen LogP contribution is -2.39. The maximum absolute atomic E-state index is 12.7. The second-order valence-corrected chi connectivity index (χ2v) is 6.87. The Hall–Kier alpha value is -2.89. The fraction of sp³-hybridized carbons (Fsp3) is 0.350. The highest BCUT2D eigenvalue weighted by Crippen LogP contribution is 2.26. The molecular formula is C20H22N4O2. The van der Waals surface area contributed by atoms with Gasteiger partial charge in [-0.15, -0.1) is 0 Å². The molecule has 1 amide bonds. The van der Waals surface area contributed by atoms with Gasteiger partial charge in [-0.1, -0.05) is 18.2 Å². The molecule has 3 aromatic rings. The van der Waals surface area contributed by atoms with Gasteiger partial charge in [0.2, 0.25) is 5.91 Å². The molecular weight excluding hydrogens is 328 g/mol. The molecule has 1 aliphatic rings. The molecule has 6 heteroatoms. The Balaban J connectivity index is 1.40. The third-order valence-corrected chi connectivity index (χ3v) is 5.19. The highest BCUT2D eigenvalue weighted by atomic mass is 16.2. The summed E-state index contributed by atoms with van der Waals surface area (Å²) >= 11 is 0. The second-order valence-electron chi connectivity index (χ2n) is 6.87. The molecule has 4 rings (SSSR count). The van der Waals surface area contributed by atoms with E-state index in [9.17, 15) is 9.59 Å². The van der Waals surface area contributed by atoms with Crippen LogP contribution >= 0.6 is 0 Å². The summed E-state index contributed by atoms with van der Waals surface area (Å²) in [7, 11) is 0. The van der Waals surface area contributed by atoms with E-state index >= 15 is 0 Å². The van der Waals surface area contributed by atoms with Crippen LogP contribution in [0, 0.1) is 0 Å². The van der Waals surface area contributed by atoms with E-state index in [1.165, 1.54) is 17.1 Å². The van der Waals surface area contributed by atoms with Crippen LogP contribution in [0.15, 0.2) is 47.5 Å². The van der Waals surface area contributed by atoms with Crippen LogP contribution in [-0.4, -0.2) is 38.8 Å². The zero-order valence-electron chi connectivity index (χ0n) is 14.6. The number of aromatic amines is 2. The van der Waals surface area contributed by atoms with E-state index in [0.29, 0.717) is 13.0 Å². The highest BCUT2D eigenvalue weighted by molar-refractivity contribution is 5.84. The van der Waals surface area contributed by atoms with Gasteiger partial charge in [0.05, 0.1) is 0 Å². The number of likely N-dealkylation sites (tertiary alicyclic amines) is 1. The first-order chi connectivity index (χ1) is 12.7. The number of fused-ring (bicyclic) bond motifs is 1. The molecule has 3 heterocycles. The Morgan fingerprint density at radius 2 is 2.15 bits per heavy atom. The van der Waals surface area contributed by atoms with E-state index in [-0.39, 0.29) is 17.5 Å². The number of hydrogen-bond donors (Lipinski definition) is 2. The van der Waals surface area contributed by atoms with Gasteiger partial charge in [0.1, 0.15) is 0 Å². The standard InChI is InChI=1S/C20H22N4O2/c25-19(8-7-14-12-22-18-6-2-1-5-16(14)18)24-11-3-4-15(13-24)17-9-10-21-20(26)23-17/h1-2,5-6,9-10,12,15,22H,3-4,7-8,11,13H2,(H,21,23,26)/t15-/m0/s1. The Morgan fingerprint density at radius 1 is 1.27 bits per heavy atom. The smallest absolute Gasteiger partial charge is 0.345 e. The molecule has 0 saturated carbocycles. The number of amides is 1. The van der Waals surface area contributed by atoms with Gasteiger partial charge in [0, 0.05) is 54.4 Å². The van der Waals surface area contributed by atoms with E-state index in [1.807, 2.05) is 35.4 Å². The summed E-state index contributed by atoms with van der Waals surface area (Å²) in [5.41, 5.74) is 2.83. The van der Waals surface area contributed by atoms with E-state index < -0.39 is 0 Å². The molecule has 1 atom stereocenters. The molecule has 134 valence electrons. The van der Waals surface area contributed by atoms with Gasteiger partial charge in [0.15, 0.2) is 0 Å². The van der Waals surface area contributed by atoms with Crippen molar-refractivity contribution in [3.8, 4) is 0 Å². The van der Waals surface area contributed by atoms with Gasteiger partial charge in [-0.2, -0.15) is 0 Å². The van der Waals surface area contributed by atoms with Crippen molar-refractivity contribution in [2.75, 3.05) is 13.1 Å². The zero-order valence-corrected chi connectivity index (χ0v) is 14.6. The monoisotopic (exact) mass is 350 g/mol. The van der Waals surface area contributed by atoms with Gasteiger partial charge >= 0.3 is 5.69 Å². The molecule has 2 aromatic heterocycles. The largest absolute Gasteiger partial charge is 0.361 e. The van der Waals surface area contributed by atoms with Gasteiger partial charge < -0.3 is 14.9 Å². The number of nitrogens with one attached hydrogen (secondary N) is 2. The minimum Gasteiger partial charge on any atom is -0.361 e. The summed E-state index contributed by atoms with van der Waals surface area (Å²) in [6, 6.07) is 10.00. The van der Waals surface area contributed by atoms with Gasteiger partial charge in [-0.25, -0.2) is 9.78 Å². The molecule has 6 nitrogen and oxygen atoms in total. The predicted molar refractivity (Wildman–Crippen MR) is 100 cm³/mol. The molecule has 0 bridgehead atoms. The van der Waals surface area contributed by atoms with Crippen molar-refractivity contribution in [2.45, 2.75) is 31.6 Å². The molecule has 26 heavy (non-hydrogen) atoms. The molecule has 0 radical (unpaired) electrons. The number of aromatic nitrogens is 3. The quantitative estimate of drug-likeness (QED) is 0.759. The third-order valence-electron chi connectivity index (χ3n) is 5.19. The molecule has 1 saturated heterocycles. The van der Waals surface area contributed by atoms with Crippen LogP contribution in [0.5, 0.6) is 0 Å². The van der Waals surface area contributed by atoms with Gasteiger partial charge in [-0.05, 0) is 37.0 Å². The van der Waals surface area contributed by atoms with Crippen molar-refractivity contribution in [3.05, 3.63) is 64.5 Å². The number of aryl methyl sites for hydroxylation is 1. The number of carbonyl (C=O) groups is 1. The summed E-state index contributed by atoms with van der Waals surface area (Å²) < 4.78 is 0. The second kappa shape index (κ2) is 7.15. The molecule has 0 unspecified atom stereocenters. The van der Waals surface area contributed by atoms with Crippen molar-refractivity contribution in [1.82, 2.24) is 19.9 Å². The molecule has 0 aliphatic carbocycles. The fourth-order valence-corrected chi connectivity index (χ4v) is 3.82. The van der Waals surface area contributed by atoms with E-state index in [0.717, 1.165) is 37.0 Å². The van der Waals surface area contributed by atoms with Gasteiger partial charge in [-0.3, -0.25) is 4.79 Å². The number of para-hydroxylation sites is 1. The third kappa shape index (κ3) is 3.40. The molecule has 1 aliphatic heterocycles. The van der Waals surface area contributed by atoms with Crippen LogP contribution in [0.1, 0.15) is 36.4 Å². The number of H-pyrrole nitrogens is 2. The van der Waals surface area contributed by atoms with Crippen molar-refractivity contribution in [1.29, 1.82) is 0 Å². The fourth-order valence-electron chi connectivity index (χ4n) is 3.82. The lowest BCUT2D eigenvalue weighted by molar-refractivity contribution is -0.132. The summed E-state index contributed by atoms with van der Waals surface area (Å²) in [5, 5.41) is 1.19. The minimum absolute atomic E-state index is 0.177. The first-order valence-corrected chi connectivity index (χ1v) is 9.09. The number of carbonyl (C=O) groups excluding carboxylic acids is 1. The summed E-state index contributed by atoms with van der Waals surface area (Å²) in [4.78, 5) is 35.8. The summed E-state index contributed by atoms with van der Waals surface area (Å²) in [5.74, 6) is 0.355. The minimum atomic E-state index is -0.328. The highest BCUT2D eigenvalue weighted by Gasteiger charge is 2.25. The van der Waals surface area contributed by atoms with Crippen LogP contribution in [0.4, 0.5) is 0 Å². The number of benzene rings is 1. The summed E-state index contributed by atoms with van der Waals surface area (Å²) in [6.07, 6.45) is 6.70. The summed E-state index contributed by atoms with van der Waals surface area (Å²) in [6.45, 7) is 1.45. The molecule has 0 spiro atoms. The number of rotatable bonds is 4. The average Bonchev–Trinajstić information content (AvgIpc) is 3.09. The predicted octanol–water partition coefficient (Wildman–Crippen LogP) is 2.59. The number of nitrogens with zero attached hydrogens (tertiary/aromatic N) is 2. The van der Waals surface area contributed by atoms with Crippen molar-refractivity contribution in [2.24, 2.45) is 0 Å². The normalized spacial score (nSPS) is 17.5. The number of hydrogen-bond acceptors (Lipinski definition) is 3. The average molecular weight is 350 g/mol. The van der Waals surface area contributed by atoms with Crippen LogP contribution in [-0.2, 0) is 11.2 Å². The SMILES string of the molecule is O=C(CCc1c[nH]c2ccccc12)N1CCC[C@H](c2ccnc(=O)[nH]2)C1. The Kier molecular flexibility index (Phi) is 4.56. The van der Waals surface area contributed by atoms with Crippen molar-refractivity contribution < 1.29 is 4.79 Å². The van der Waals surface area contributed by atoms with Crippen molar-refractivity contribution >= 4 is 16.8 Å². The lowest BCUT2D eigenvalue weighted by atomic mass is 9.94. The maximum atomic E-state index is 12.7. The molecule has 1 fully saturated rings. The van der Waals surface area contributed by atoms with Gasteiger partial charge in [0.25, 0.3) is 0 Å². The first-order valence-electron chi connectivity index (χ1n) is 9.09. The number of piperidine rings is 1. The Bertz CT molecular complexity index is 975. The van der Waals surface area contributed by atoms with Crippen LogP contribution < -0.4 is 5.69 Å². The van der Waals surface area contributed by atoms with E-state index in [4.69, 9.17) is 0 Å². The van der Waals surface area contributed by atoms with Crippen LogP contribution in [0.3, 0.4) is 0 Å². The van der Waals surface area contributed by atoms with Crippen LogP contribution in [0.2, 0.25) is 0 Å². The van der Waals surface area contributed by atoms with Crippen molar-refractivity contribution in [3.63, 3.8) is 0 Å². The topological polar surface area (TPSA) is 81.8 Å². The lowest BCUT2D eigenvalue weighted by Gasteiger charge is -2.32. The Labute approximate surface area is 151 Å². The van der Waals surface area contributed by atoms with E-state index in [2.05, 4.69) is 21.0 Å². The first kappa shape index (κ1) is 16.6. The van der Waals surface area contributed by atoms with E-state index in [1.54, 1.807) is 0 Å².